The molecule has 0 aliphatic carbocycles. The van der Waals surface area contributed by atoms with Crippen molar-refractivity contribution >= 4 is 5.91 Å². The van der Waals surface area contributed by atoms with Crippen LogP contribution >= 0.6 is 0 Å². The van der Waals surface area contributed by atoms with Gasteiger partial charge in [0.2, 0.25) is 0 Å². The maximum atomic E-state index is 11.5. The Kier molecular flexibility index (Phi) is 3.90. The molecule has 1 aromatic heterocycles. The van der Waals surface area contributed by atoms with Gasteiger partial charge in [-0.1, -0.05) is 18.2 Å². The average Bonchev–Trinajstić information content (AvgIpc) is 2.81. The molecule has 1 N–H and O–H groups in total. The van der Waals surface area contributed by atoms with Gasteiger partial charge in [0.1, 0.15) is 12.1 Å². The first-order valence-corrected chi connectivity index (χ1v) is 5.53. The van der Waals surface area contributed by atoms with Crippen LogP contribution in [0.1, 0.15) is 5.82 Å². The summed E-state index contributed by atoms with van der Waals surface area (Å²) in [5, 5.41) is 10.3. The number of carbonyl (C=O) groups is 1. The second-order valence-electron chi connectivity index (χ2n) is 3.74. The molecule has 1 amide bonds. The van der Waals surface area contributed by atoms with E-state index in [1.807, 2.05) is 25.2 Å². The van der Waals surface area contributed by atoms with Crippen LogP contribution in [0.4, 0.5) is 0 Å². The minimum Gasteiger partial charge on any atom is -0.484 e. The van der Waals surface area contributed by atoms with E-state index in [0.29, 0.717) is 18.1 Å². The summed E-state index contributed by atoms with van der Waals surface area (Å²) in [5.41, 5.74) is 0. The lowest BCUT2D eigenvalue weighted by molar-refractivity contribution is -0.123. The lowest BCUT2D eigenvalue weighted by Gasteiger charge is -2.06. The SMILES string of the molecule is Cn1cnnc1CNC(=O)COc1ccccc1. The fourth-order valence-electron chi connectivity index (χ4n) is 1.36. The van der Waals surface area contributed by atoms with Crippen LogP contribution in [-0.4, -0.2) is 27.3 Å². The maximum Gasteiger partial charge on any atom is 0.258 e. The highest BCUT2D eigenvalue weighted by Crippen LogP contribution is 2.07. The van der Waals surface area contributed by atoms with Gasteiger partial charge in [0.15, 0.2) is 12.4 Å². The molecule has 1 aromatic carbocycles. The number of hydrogen-bond donors (Lipinski definition) is 1. The Labute approximate surface area is 105 Å². The van der Waals surface area contributed by atoms with Crippen molar-refractivity contribution in [3.05, 3.63) is 42.5 Å². The summed E-state index contributed by atoms with van der Waals surface area (Å²) in [6.45, 7) is 0.329. The van der Waals surface area contributed by atoms with Gasteiger partial charge in [0.05, 0.1) is 6.54 Å². The summed E-state index contributed by atoms with van der Waals surface area (Å²) >= 11 is 0. The molecule has 0 fully saturated rings. The van der Waals surface area contributed by atoms with Crippen LogP contribution in [0.5, 0.6) is 5.75 Å². The van der Waals surface area contributed by atoms with Crippen LogP contribution in [0.15, 0.2) is 36.7 Å². The van der Waals surface area contributed by atoms with Gasteiger partial charge < -0.3 is 14.6 Å². The number of amides is 1. The molecule has 0 saturated carbocycles. The monoisotopic (exact) mass is 246 g/mol. The average molecular weight is 246 g/mol. The van der Waals surface area contributed by atoms with Crippen molar-refractivity contribution in [2.24, 2.45) is 7.05 Å². The number of hydrogen-bond acceptors (Lipinski definition) is 4. The molecule has 0 radical (unpaired) electrons. The second-order valence-corrected chi connectivity index (χ2v) is 3.74. The second kappa shape index (κ2) is 5.81. The zero-order chi connectivity index (χ0) is 12.8. The zero-order valence-electron chi connectivity index (χ0n) is 10.0. The molecule has 0 aliphatic heterocycles. The first-order chi connectivity index (χ1) is 8.75. The molecule has 0 saturated heterocycles. The van der Waals surface area contributed by atoms with E-state index in [-0.39, 0.29) is 12.5 Å². The molecule has 2 aromatic rings. The summed E-state index contributed by atoms with van der Waals surface area (Å²) in [6, 6.07) is 9.20. The Balaban J connectivity index is 1.75. The molecule has 18 heavy (non-hydrogen) atoms. The minimum atomic E-state index is -0.193. The summed E-state index contributed by atoms with van der Waals surface area (Å²) in [7, 11) is 1.82. The van der Waals surface area contributed by atoms with Gasteiger partial charge in [0.25, 0.3) is 5.91 Å². The van der Waals surface area contributed by atoms with Gasteiger partial charge in [0, 0.05) is 7.05 Å². The molecular formula is C12H14N4O2. The summed E-state index contributed by atoms with van der Waals surface area (Å²) in [5.74, 6) is 1.18. The van der Waals surface area contributed by atoms with Crippen LogP contribution in [0.3, 0.4) is 0 Å². The van der Waals surface area contributed by atoms with Crippen LogP contribution in [0, 0.1) is 0 Å². The normalized spacial score (nSPS) is 10.1. The first-order valence-electron chi connectivity index (χ1n) is 5.53. The molecule has 2 rings (SSSR count). The van der Waals surface area contributed by atoms with E-state index < -0.39 is 0 Å². The molecule has 0 atom stereocenters. The van der Waals surface area contributed by atoms with Crippen molar-refractivity contribution < 1.29 is 9.53 Å². The van der Waals surface area contributed by atoms with Crippen molar-refractivity contribution in [2.75, 3.05) is 6.61 Å². The van der Waals surface area contributed by atoms with E-state index in [1.165, 1.54) is 0 Å². The molecule has 6 heteroatoms. The fourth-order valence-corrected chi connectivity index (χ4v) is 1.36. The third kappa shape index (κ3) is 3.31. The maximum absolute atomic E-state index is 11.5. The number of para-hydroxylation sites is 1. The predicted octanol–water partition coefficient (Wildman–Crippen LogP) is 0.510. The first kappa shape index (κ1) is 12.1. The number of aryl methyl sites for hydroxylation is 1. The van der Waals surface area contributed by atoms with Crippen LogP contribution < -0.4 is 10.1 Å². The van der Waals surface area contributed by atoms with E-state index in [0.717, 1.165) is 0 Å². The third-order valence-corrected chi connectivity index (χ3v) is 2.36. The Morgan fingerprint density at radius 2 is 2.17 bits per heavy atom. The number of rotatable bonds is 5. The fraction of sp³-hybridized carbons (Fsp3) is 0.250. The standard InChI is InChI=1S/C12H14N4O2/c1-16-9-14-15-11(16)7-13-12(17)8-18-10-5-3-2-4-6-10/h2-6,9H,7-8H2,1H3,(H,13,17). The number of ether oxygens (including phenoxy) is 1. The van der Waals surface area contributed by atoms with E-state index in [4.69, 9.17) is 4.74 Å². The highest BCUT2D eigenvalue weighted by molar-refractivity contribution is 5.77. The Hall–Kier alpha value is -2.37. The smallest absolute Gasteiger partial charge is 0.258 e. The van der Waals surface area contributed by atoms with Gasteiger partial charge >= 0.3 is 0 Å². The quantitative estimate of drug-likeness (QED) is 0.834. The van der Waals surface area contributed by atoms with Gasteiger partial charge in [-0.3, -0.25) is 4.79 Å². The minimum absolute atomic E-state index is 0.0120. The molecule has 0 bridgehead atoms. The van der Waals surface area contributed by atoms with Crippen LogP contribution in [0.25, 0.3) is 0 Å². The van der Waals surface area contributed by atoms with E-state index >= 15 is 0 Å². The molecule has 1 heterocycles. The van der Waals surface area contributed by atoms with Crippen LogP contribution in [0.2, 0.25) is 0 Å². The van der Waals surface area contributed by atoms with Crippen molar-refractivity contribution in [1.82, 2.24) is 20.1 Å². The largest absolute Gasteiger partial charge is 0.484 e. The third-order valence-electron chi connectivity index (χ3n) is 2.36. The van der Waals surface area contributed by atoms with E-state index in [9.17, 15) is 4.79 Å². The van der Waals surface area contributed by atoms with Crippen molar-refractivity contribution in [3.63, 3.8) is 0 Å². The lowest BCUT2D eigenvalue weighted by atomic mass is 10.3. The van der Waals surface area contributed by atoms with E-state index in [1.54, 1.807) is 23.0 Å². The van der Waals surface area contributed by atoms with Gasteiger partial charge in [-0.15, -0.1) is 10.2 Å². The zero-order valence-corrected chi connectivity index (χ0v) is 10.0. The Morgan fingerprint density at radius 1 is 1.39 bits per heavy atom. The number of aromatic nitrogens is 3. The summed E-state index contributed by atoms with van der Waals surface area (Å²) in [4.78, 5) is 11.5. The molecule has 0 aliphatic rings. The van der Waals surface area contributed by atoms with Crippen molar-refractivity contribution in [2.45, 2.75) is 6.54 Å². The van der Waals surface area contributed by atoms with E-state index in [2.05, 4.69) is 15.5 Å². The van der Waals surface area contributed by atoms with Crippen LogP contribution in [-0.2, 0) is 18.4 Å². The number of carbonyl (C=O) groups excluding carboxylic acids is 1. The van der Waals surface area contributed by atoms with Gasteiger partial charge in [-0.2, -0.15) is 0 Å². The number of nitrogens with one attached hydrogen (secondary N) is 1. The van der Waals surface area contributed by atoms with Crippen molar-refractivity contribution in [1.29, 1.82) is 0 Å². The molecule has 0 spiro atoms. The Morgan fingerprint density at radius 3 is 2.83 bits per heavy atom. The summed E-state index contributed by atoms with van der Waals surface area (Å²) < 4.78 is 7.06. The molecular weight excluding hydrogens is 232 g/mol. The molecule has 6 nitrogen and oxygen atoms in total. The predicted molar refractivity (Wildman–Crippen MR) is 64.8 cm³/mol. The molecule has 94 valence electrons. The highest BCUT2D eigenvalue weighted by Gasteiger charge is 2.05. The number of nitrogens with zero attached hydrogens (tertiary/aromatic N) is 3. The summed E-state index contributed by atoms with van der Waals surface area (Å²) in [6.07, 6.45) is 1.59. The Bertz CT molecular complexity index is 510. The van der Waals surface area contributed by atoms with Crippen molar-refractivity contribution in [3.8, 4) is 5.75 Å². The number of benzene rings is 1. The highest BCUT2D eigenvalue weighted by atomic mass is 16.5. The lowest BCUT2D eigenvalue weighted by Crippen LogP contribution is -2.29. The van der Waals surface area contributed by atoms with Gasteiger partial charge in [-0.25, -0.2) is 0 Å². The topological polar surface area (TPSA) is 69.0 Å². The molecule has 0 unspecified atom stereocenters. The van der Waals surface area contributed by atoms with Gasteiger partial charge in [-0.05, 0) is 12.1 Å².